The first-order valence-electron chi connectivity index (χ1n) is 15.4. The predicted octanol–water partition coefficient (Wildman–Crippen LogP) is 5.11. The number of hydrogen-bond acceptors (Lipinski definition) is 6. The summed E-state index contributed by atoms with van der Waals surface area (Å²) in [6.07, 6.45) is -10.2. The molecule has 1 fully saturated rings. The van der Waals surface area contributed by atoms with Gasteiger partial charge in [-0.1, -0.05) is 48.5 Å². The number of carboxylic acid groups (broad SMARTS) is 2. The van der Waals surface area contributed by atoms with Crippen molar-refractivity contribution >= 4 is 23.8 Å². The van der Waals surface area contributed by atoms with Gasteiger partial charge in [-0.15, -0.1) is 0 Å². The van der Waals surface area contributed by atoms with Crippen molar-refractivity contribution in [1.29, 1.82) is 0 Å². The first-order chi connectivity index (χ1) is 24.2. The number of nitrogens with zero attached hydrogens (tertiary/aromatic N) is 3. The minimum atomic E-state index is -5.08. The summed E-state index contributed by atoms with van der Waals surface area (Å²) >= 11 is 0. The summed E-state index contributed by atoms with van der Waals surface area (Å²) in [7, 11) is 0. The number of aliphatic carboxylic acids is 2. The second kappa shape index (κ2) is 17.4. The van der Waals surface area contributed by atoms with Crippen molar-refractivity contribution in [3.05, 3.63) is 107 Å². The van der Waals surface area contributed by atoms with E-state index in [1.54, 1.807) is 34.1 Å². The minimum absolute atomic E-state index is 0.0344. The molecular formula is C34H34F8N4O6. The van der Waals surface area contributed by atoms with Crippen molar-refractivity contribution < 1.29 is 64.5 Å². The summed E-state index contributed by atoms with van der Waals surface area (Å²) in [5.74, 6) is -6.51. The average molecular weight is 747 g/mol. The van der Waals surface area contributed by atoms with Crippen molar-refractivity contribution in [2.24, 2.45) is 5.73 Å². The lowest BCUT2D eigenvalue weighted by Crippen LogP contribution is -2.55. The molecule has 2 heterocycles. The fourth-order valence-electron chi connectivity index (χ4n) is 5.58. The van der Waals surface area contributed by atoms with Crippen molar-refractivity contribution in [1.82, 2.24) is 14.7 Å². The SMILES string of the molecule is C[C@@H]1CN(C(=O)C[C@H](N)C(=O)N2Cc3ccccc3C2)CCN1C(c1ccc(F)cc1)c1ccc(F)cc1.O=C(O)C(F)(F)F.O=C(O)C(F)(F)F. The lowest BCUT2D eigenvalue weighted by Gasteiger charge is -2.44. The van der Waals surface area contributed by atoms with Crippen LogP contribution >= 0.6 is 0 Å². The predicted molar refractivity (Wildman–Crippen MR) is 168 cm³/mol. The molecule has 10 nitrogen and oxygen atoms in total. The summed E-state index contributed by atoms with van der Waals surface area (Å²) in [4.78, 5) is 49.6. The molecule has 0 aromatic heterocycles. The zero-order chi connectivity index (χ0) is 39.0. The Bertz CT molecular complexity index is 1610. The van der Waals surface area contributed by atoms with Gasteiger partial charge in [-0.2, -0.15) is 26.3 Å². The number of piperazine rings is 1. The molecule has 52 heavy (non-hydrogen) atoms. The van der Waals surface area contributed by atoms with Crippen molar-refractivity contribution in [2.75, 3.05) is 19.6 Å². The molecule has 0 saturated carbocycles. The van der Waals surface area contributed by atoms with Gasteiger partial charge < -0.3 is 25.7 Å². The summed E-state index contributed by atoms with van der Waals surface area (Å²) in [5, 5.41) is 14.2. The van der Waals surface area contributed by atoms with E-state index in [2.05, 4.69) is 4.90 Å². The van der Waals surface area contributed by atoms with Crippen molar-refractivity contribution in [3.8, 4) is 0 Å². The smallest absolute Gasteiger partial charge is 0.475 e. The van der Waals surface area contributed by atoms with E-state index >= 15 is 0 Å². The summed E-state index contributed by atoms with van der Waals surface area (Å²) in [6.45, 7) is 4.57. The second-order valence-electron chi connectivity index (χ2n) is 11.8. The van der Waals surface area contributed by atoms with Crippen LogP contribution in [0.15, 0.2) is 72.8 Å². The third-order valence-corrected chi connectivity index (χ3v) is 8.08. The van der Waals surface area contributed by atoms with Crippen LogP contribution in [-0.2, 0) is 32.3 Å². The van der Waals surface area contributed by atoms with Crippen LogP contribution in [-0.4, -0.2) is 92.7 Å². The Morgan fingerprint density at radius 2 is 1.13 bits per heavy atom. The molecule has 3 aromatic carbocycles. The number of amides is 2. The summed E-state index contributed by atoms with van der Waals surface area (Å²) < 4.78 is 90.8. The number of carboxylic acids is 2. The lowest BCUT2D eigenvalue weighted by atomic mass is 9.94. The second-order valence-corrected chi connectivity index (χ2v) is 11.8. The van der Waals surface area contributed by atoms with Crippen LogP contribution in [0, 0.1) is 11.6 Å². The molecule has 2 aliphatic rings. The lowest BCUT2D eigenvalue weighted by molar-refractivity contribution is -0.193. The molecule has 2 aliphatic heterocycles. The van der Waals surface area contributed by atoms with Gasteiger partial charge in [-0.3, -0.25) is 14.5 Å². The zero-order valence-corrected chi connectivity index (χ0v) is 27.4. The van der Waals surface area contributed by atoms with Gasteiger partial charge in [-0.05, 0) is 53.4 Å². The Balaban J connectivity index is 0.000000441. The number of nitrogens with two attached hydrogens (primary N) is 1. The van der Waals surface area contributed by atoms with Crippen LogP contribution in [0.25, 0.3) is 0 Å². The van der Waals surface area contributed by atoms with E-state index in [9.17, 15) is 44.7 Å². The van der Waals surface area contributed by atoms with Gasteiger partial charge in [0.1, 0.15) is 11.6 Å². The fraction of sp³-hybridized carbons (Fsp3) is 0.353. The molecule has 2 atom stereocenters. The maximum atomic E-state index is 13.6. The quantitative estimate of drug-likeness (QED) is 0.296. The normalized spacial score (nSPS) is 16.6. The van der Waals surface area contributed by atoms with E-state index in [-0.39, 0.29) is 42.0 Å². The van der Waals surface area contributed by atoms with Crippen LogP contribution in [0.5, 0.6) is 0 Å². The maximum absolute atomic E-state index is 13.6. The van der Waals surface area contributed by atoms with Crippen LogP contribution in [0.1, 0.15) is 41.6 Å². The third-order valence-electron chi connectivity index (χ3n) is 8.08. The fourth-order valence-corrected chi connectivity index (χ4v) is 5.58. The molecule has 2 amide bonds. The Morgan fingerprint density at radius 1 is 0.731 bits per heavy atom. The first-order valence-corrected chi connectivity index (χ1v) is 15.4. The van der Waals surface area contributed by atoms with E-state index < -0.39 is 30.3 Å². The molecule has 282 valence electrons. The molecule has 5 rings (SSSR count). The largest absolute Gasteiger partial charge is 0.490 e. The first kappa shape index (κ1) is 41.3. The standard InChI is InChI=1S/C30H32F2N4O2.2C2HF3O2/c1-20-17-34(28(37)16-27(33)30(38)35-18-23-4-2-3-5-24(23)19-35)14-15-36(20)29(21-6-10-25(31)11-7-21)22-8-12-26(32)13-9-22;2*3-2(4,5)1(6)7/h2-13,20,27,29H,14-19,33H2,1H3;2*(H,6,7)/t20-,27+;;/m1../s1. The average Bonchev–Trinajstić information content (AvgIpc) is 3.51. The monoisotopic (exact) mass is 746 g/mol. The Labute approximate surface area is 292 Å². The number of hydrogen-bond donors (Lipinski definition) is 3. The third kappa shape index (κ3) is 11.5. The highest BCUT2D eigenvalue weighted by molar-refractivity contribution is 5.88. The molecule has 4 N–H and O–H groups in total. The van der Waals surface area contributed by atoms with Gasteiger partial charge >= 0.3 is 24.3 Å². The van der Waals surface area contributed by atoms with E-state index in [4.69, 9.17) is 25.5 Å². The molecule has 0 aliphatic carbocycles. The molecule has 0 spiro atoms. The molecule has 18 heteroatoms. The Kier molecular flexibility index (Phi) is 13.8. The van der Waals surface area contributed by atoms with Gasteiger partial charge in [0.25, 0.3) is 0 Å². The van der Waals surface area contributed by atoms with Crippen LogP contribution in [0.2, 0.25) is 0 Å². The number of halogens is 8. The van der Waals surface area contributed by atoms with Gasteiger partial charge in [0.15, 0.2) is 0 Å². The van der Waals surface area contributed by atoms with Crippen molar-refractivity contribution in [2.45, 2.75) is 56.9 Å². The van der Waals surface area contributed by atoms with Crippen LogP contribution < -0.4 is 5.73 Å². The van der Waals surface area contributed by atoms with E-state index in [0.29, 0.717) is 32.7 Å². The molecule has 0 bridgehead atoms. The maximum Gasteiger partial charge on any atom is 0.490 e. The highest BCUT2D eigenvalue weighted by atomic mass is 19.4. The molecule has 0 unspecified atom stereocenters. The zero-order valence-electron chi connectivity index (χ0n) is 27.4. The van der Waals surface area contributed by atoms with Gasteiger partial charge in [0.2, 0.25) is 11.8 Å². The molecule has 0 radical (unpaired) electrons. The number of rotatable bonds is 6. The summed E-state index contributed by atoms with van der Waals surface area (Å²) in [5.41, 5.74) is 10.2. The van der Waals surface area contributed by atoms with Gasteiger partial charge in [0.05, 0.1) is 18.5 Å². The topological polar surface area (TPSA) is 144 Å². The number of carbonyl (C=O) groups is 4. The number of benzene rings is 3. The molecule has 3 aromatic rings. The highest BCUT2D eigenvalue weighted by Gasteiger charge is 2.39. The number of alkyl halides is 6. The number of carbonyl (C=O) groups excluding carboxylic acids is 2. The Hall–Kier alpha value is -5.10. The van der Waals surface area contributed by atoms with Gasteiger partial charge in [0, 0.05) is 38.8 Å². The van der Waals surface area contributed by atoms with Crippen molar-refractivity contribution in [3.63, 3.8) is 0 Å². The molecular weight excluding hydrogens is 712 g/mol. The van der Waals surface area contributed by atoms with Crippen LogP contribution in [0.3, 0.4) is 0 Å². The number of fused-ring (bicyclic) bond motifs is 1. The molecule has 1 saturated heterocycles. The van der Waals surface area contributed by atoms with Gasteiger partial charge in [-0.25, -0.2) is 18.4 Å². The van der Waals surface area contributed by atoms with E-state index in [1.165, 1.54) is 24.3 Å². The minimum Gasteiger partial charge on any atom is -0.475 e. The van der Waals surface area contributed by atoms with E-state index in [0.717, 1.165) is 22.3 Å². The van der Waals surface area contributed by atoms with E-state index in [1.807, 2.05) is 31.2 Å². The van der Waals surface area contributed by atoms with Crippen LogP contribution in [0.4, 0.5) is 35.1 Å². The Morgan fingerprint density at radius 3 is 1.50 bits per heavy atom. The highest BCUT2D eigenvalue weighted by Crippen LogP contribution is 2.32. The summed E-state index contributed by atoms with van der Waals surface area (Å²) in [6, 6.07) is 19.4.